The van der Waals surface area contributed by atoms with Crippen LogP contribution in [0.5, 0.6) is 0 Å². The number of benzene rings is 1. The highest BCUT2D eigenvalue weighted by atomic mass is 16.2. The number of hydrogen-bond acceptors (Lipinski definition) is 3. The Morgan fingerprint density at radius 2 is 2.21 bits per heavy atom. The monoisotopic (exact) mass is 261 g/mol. The number of aromatic amines is 1. The van der Waals surface area contributed by atoms with Gasteiger partial charge in [-0.2, -0.15) is 5.10 Å². The lowest BCUT2D eigenvalue weighted by molar-refractivity contribution is 0.0997. The van der Waals surface area contributed by atoms with E-state index in [1.807, 2.05) is 6.92 Å². The van der Waals surface area contributed by atoms with Crippen molar-refractivity contribution in [2.24, 2.45) is 5.73 Å². The van der Waals surface area contributed by atoms with Crippen molar-refractivity contribution in [3.8, 4) is 0 Å². The number of fused-ring (bicyclic) bond motifs is 1. The van der Waals surface area contributed by atoms with Crippen molar-refractivity contribution in [2.75, 3.05) is 11.9 Å². The number of aromatic nitrogens is 2. The molecule has 0 unspecified atom stereocenters. The van der Waals surface area contributed by atoms with Crippen LogP contribution in [0, 0.1) is 0 Å². The maximum Gasteiger partial charge on any atom is 0.319 e. The number of rotatable bonds is 4. The number of carbonyl (C=O) groups is 2. The van der Waals surface area contributed by atoms with Gasteiger partial charge in [0, 0.05) is 6.54 Å². The van der Waals surface area contributed by atoms with Gasteiger partial charge in [0.2, 0.25) is 0 Å². The van der Waals surface area contributed by atoms with Crippen LogP contribution in [0.2, 0.25) is 0 Å². The number of amides is 3. The van der Waals surface area contributed by atoms with Crippen LogP contribution in [0.15, 0.2) is 18.2 Å². The van der Waals surface area contributed by atoms with E-state index in [-0.39, 0.29) is 11.7 Å². The summed E-state index contributed by atoms with van der Waals surface area (Å²) in [5, 5.41) is 12.4. The molecule has 5 N–H and O–H groups in total. The zero-order chi connectivity index (χ0) is 13.8. The highest BCUT2D eigenvalue weighted by Crippen LogP contribution is 2.24. The number of nitrogens with one attached hydrogen (secondary N) is 3. The van der Waals surface area contributed by atoms with Gasteiger partial charge in [-0.15, -0.1) is 0 Å². The molecule has 0 spiro atoms. The molecule has 0 aliphatic heterocycles. The number of anilines is 1. The summed E-state index contributed by atoms with van der Waals surface area (Å²) in [5.74, 6) is -0.644. The van der Waals surface area contributed by atoms with Crippen LogP contribution in [0.4, 0.5) is 10.5 Å². The molecule has 0 aliphatic carbocycles. The molecule has 1 aromatic carbocycles. The normalized spacial score (nSPS) is 10.4. The van der Waals surface area contributed by atoms with Gasteiger partial charge in [-0.1, -0.05) is 13.0 Å². The molecule has 100 valence electrons. The predicted octanol–water partition coefficient (Wildman–Crippen LogP) is 1.19. The number of urea groups is 1. The number of nitrogens with two attached hydrogens (primary N) is 1. The highest BCUT2D eigenvalue weighted by Gasteiger charge is 2.15. The van der Waals surface area contributed by atoms with Gasteiger partial charge in [0.15, 0.2) is 5.69 Å². The number of nitrogens with zero attached hydrogens (tertiary/aromatic N) is 1. The molecule has 0 aliphatic rings. The summed E-state index contributed by atoms with van der Waals surface area (Å²) in [6, 6.07) is 4.87. The molecule has 2 aromatic rings. The van der Waals surface area contributed by atoms with Gasteiger partial charge in [0.1, 0.15) is 0 Å². The van der Waals surface area contributed by atoms with Crippen LogP contribution >= 0.6 is 0 Å². The molecule has 1 aromatic heterocycles. The Morgan fingerprint density at radius 1 is 1.42 bits per heavy atom. The molecule has 1 heterocycles. The Bertz CT molecular complexity index is 620. The molecule has 0 radical (unpaired) electrons. The summed E-state index contributed by atoms with van der Waals surface area (Å²) in [4.78, 5) is 22.9. The van der Waals surface area contributed by atoms with Crippen LogP contribution in [0.3, 0.4) is 0 Å². The van der Waals surface area contributed by atoms with Gasteiger partial charge in [-0.25, -0.2) is 4.79 Å². The number of H-pyrrole nitrogens is 1. The average molecular weight is 261 g/mol. The molecule has 19 heavy (non-hydrogen) atoms. The lowest BCUT2D eigenvalue weighted by Crippen LogP contribution is -2.29. The molecule has 0 saturated carbocycles. The fourth-order valence-corrected chi connectivity index (χ4v) is 1.76. The first-order chi connectivity index (χ1) is 9.13. The fraction of sp³-hybridized carbons (Fsp3) is 0.250. The van der Waals surface area contributed by atoms with E-state index in [9.17, 15) is 9.59 Å². The quantitative estimate of drug-likeness (QED) is 0.663. The fourth-order valence-electron chi connectivity index (χ4n) is 1.76. The first kappa shape index (κ1) is 12.9. The first-order valence-corrected chi connectivity index (χ1v) is 5.95. The largest absolute Gasteiger partial charge is 0.364 e. The highest BCUT2D eigenvalue weighted by molar-refractivity contribution is 6.11. The summed E-state index contributed by atoms with van der Waals surface area (Å²) in [7, 11) is 0. The van der Waals surface area contributed by atoms with E-state index in [2.05, 4.69) is 20.8 Å². The maximum absolute atomic E-state index is 11.6. The molecular formula is C12H15N5O2. The molecule has 0 saturated heterocycles. The second-order valence-corrected chi connectivity index (χ2v) is 4.05. The van der Waals surface area contributed by atoms with Crippen LogP contribution in [-0.2, 0) is 0 Å². The Labute approximate surface area is 109 Å². The molecule has 2 rings (SSSR count). The van der Waals surface area contributed by atoms with E-state index in [0.29, 0.717) is 23.1 Å². The van der Waals surface area contributed by atoms with Crippen LogP contribution < -0.4 is 16.4 Å². The zero-order valence-electron chi connectivity index (χ0n) is 10.5. The minimum absolute atomic E-state index is 0.112. The SMILES string of the molecule is CCCNC(=O)Nc1cccc2[nH]nc(C(N)=O)c12. The van der Waals surface area contributed by atoms with Crippen LogP contribution in [0.25, 0.3) is 10.9 Å². The van der Waals surface area contributed by atoms with Crippen molar-refractivity contribution in [1.29, 1.82) is 0 Å². The Hall–Kier alpha value is -2.57. The number of primary amides is 1. The number of hydrogen-bond donors (Lipinski definition) is 4. The van der Waals surface area contributed by atoms with E-state index in [4.69, 9.17) is 5.73 Å². The lowest BCUT2D eigenvalue weighted by atomic mass is 10.1. The average Bonchev–Trinajstić information content (AvgIpc) is 2.81. The van der Waals surface area contributed by atoms with Gasteiger partial charge in [0.25, 0.3) is 5.91 Å². The standard InChI is InChI=1S/C12H15N5O2/c1-2-6-14-12(19)15-7-4-3-5-8-9(7)10(11(13)18)17-16-8/h3-5H,2,6H2,1H3,(H2,13,18)(H,16,17)(H2,14,15,19). The zero-order valence-corrected chi connectivity index (χ0v) is 10.5. The van der Waals surface area contributed by atoms with E-state index >= 15 is 0 Å². The Balaban J connectivity index is 2.34. The van der Waals surface area contributed by atoms with Gasteiger partial charge < -0.3 is 16.4 Å². The lowest BCUT2D eigenvalue weighted by Gasteiger charge is -2.08. The summed E-state index contributed by atoms with van der Waals surface area (Å²) >= 11 is 0. The maximum atomic E-state index is 11.6. The third-order valence-electron chi connectivity index (χ3n) is 2.61. The van der Waals surface area contributed by atoms with Crippen molar-refractivity contribution < 1.29 is 9.59 Å². The van der Waals surface area contributed by atoms with Crippen molar-refractivity contribution >= 4 is 28.5 Å². The molecule has 0 atom stereocenters. The van der Waals surface area contributed by atoms with Crippen LogP contribution in [-0.4, -0.2) is 28.7 Å². The number of carbonyl (C=O) groups excluding carboxylic acids is 2. The van der Waals surface area contributed by atoms with E-state index in [1.165, 1.54) is 0 Å². The predicted molar refractivity (Wildman–Crippen MR) is 71.9 cm³/mol. The second kappa shape index (κ2) is 5.38. The van der Waals surface area contributed by atoms with E-state index in [0.717, 1.165) is 6.42 Å². The Kier molecular flexibility index (Phi) is 3.65. The van der Waals surface area contributed by atoms with Gasteiger partial charge in [-0.05, 0) is 18.6 Å². The van der Waals surface area contributed by atoms with Crippen molar-refractivity contribution in [3.05, 3.63) is 23.9 Å². The second-order valence-electron chi connectivity index (χ2n) is 4.05. The van der Waals surface area contributed by atoms with Gasteiger partial charge >= 0.3 is 6.03 Å². The minimum atomic E-state index is -0.644. The summed E-state index contributed by atoms with van der Waals surface area (Å²) in [5.41, 5.74) is 6.50. The van der Waals surface area contributed by atoms with Gasteiger partial charge in [0.05, 0.1) is 16.6 Å². The molecule has 0 fully saturated rings. The van der Waals surface area contributed by atoms with Crippen molar-refractivity contribution in [3.63, 3.8) is 0 Å². The molecular weight excluding hydrogens is 246 g/mol. The Morgan fingerprint density at radius 3 is 2.89 bits per heavy atom. The minimum Gasteiger partial charge on any atom is -0.364 e. The smallest absolute Gasteiger partial charge is 0.319 e. The third kappa shape index (κ3) is 2.65. The van der Waals surface area contributed by atoms with Crippen molar-refractivity contribution in [1.82, 2.24) is 15.5 Å². The summed E-state index contributed by atoms with van der Waals surface area (Å²) in [6.45, 7) is 2.54. The van der Waals surface area contributed by atoms with E-state index < -0.39 is 5.91 Å². The van der Waals surface area contributed by atoms with Gasteiger partial charge in [-0.3, -0.25) is 9.89 Å². The molecule has 7 heteroatoms. The topological polar surface area (TPSA) is 113 Å². The first-order valence-electron chi connectivity index (χ1n) is 5.95. The summed E-state index contributed by atoms with van der Waals surface area (Å²) < 4.78 is 0. The van der Waals surface area contributed by atoms with Crippen molar-refractivity contribution in [2.45, 2.75) is 13.3 Å². The molecule has 3 amide bonds. The molecule has 0 bridgehead atoms. The molecule has 7 nitrogen and oxygen atoms in total. The summed E-state index contributed by atoms with van der Waals surface area (Å²) in [6.07, 6.45) is 0.843. The third-order valence-corrected chi connectivity index (χ3v) is 2.61. The van der Waals surface area contributed by atoms with Crippen LogP contribution in [0.1, 0.15) is 23.8 Å². The van der Waals surface area contributed by atoms with E-state index in [1.54, 1.807) is 18.2 Å².